The average Bonchev–Trinajstić information content (AvgIpc) is 3.40. The minimum absolute atomic E-state index is 0.0723. The number of carbonyl (C=O) groups is 2. The third kappa shape index (κ3) is 5.05. The molecule has 2 amide bonds. The first-order chi connectivity index (χ1) is 15.3. The van der Waals surface area contributed by atoms with Gasteiger partial charge in [0.2, 0.25) is 5.91 Å². The van der Waals surface area contributed by atoms with E-state index in [1.165, 1.54) is 23.4 Å². The fourth-order valence-corrected chi connectivity index (χ4v) is 3.04. The monoisotopic (exact) mass is 444 g/mol. The molecule has 0 unspecified atom stereocenters. The molecular weight excluding hydrogens is 425 g/mol. The summed E-state index contributed by atoms with van der Waals surface area (Å²) in [5, 5.41) is 12.2. The summed E-state index contributed by atoms with van der Waals surface area (Å²) in [5.74, 6) is -0.842. The fourth-order valence-electron chi connectivity index (χ4n) is 3.04. The number of amides is 2. The van der Waals surface area contributed by atoms with Gasteiger partial charge in [-0.05, 0) is 43.2 Å². The lowest BCUT2D eigenvalue weighted by Gasteiger charge is -2.15. The highest BCUT2D eigenvalue weighted by Gasteiger charge is 2.31. The fraction of sp³-hybridized carbons (Fsp3) is 0.238. The minimum Gasteiger partial charge on any atom is -0.376 e. The standard InChI is InChI=1S/C21H19F3N6O2/c22-21(23,24)13-5-8-18(30-12-25-11-27-30)17(9-13)29-19(31)10-26-16-4-2-1-3-15(16)20(32)28-14-6-7-14/h1-5,8-9,11-12,14,26H,6-7,10H2,(H,28,32)(H,29,31). The molecule has 1 heterocycles. The van der Waals surface area contributed by atoms with Crippen LogP contribution in [0.5, 0.6) is 0 Å². The number of benzene rings is 2. The van der Waals surface area contributed by atoms with Crippen molar-refractivity contribution in [3.05, 3.63) is 66.2 Å². The highest BCUT2D eigenvalue weighted by atomic mass is 19.4. The molecule has 1 aliphatic rings. The van der Waals surface area contributed by atoms with Crippen molar-refractivity contribution in [1.29, 1.82) is 0 Å². The number of hydrogen-bond donors (Lipinski definition) is 3. The van der Waals surface area contributed by atoms with Crippen molar-refractivity contribution in [2.24, 2.45) is 0 Å². The van der Waals surface area contributed by atoms with Crippen LogP contribution in [0.1, 0.15) is 28.8 Å². The molecule has 0 atom stereocenters. The summed E-state index contributed by atoms with van der Waals surface area (Å²) >= 11 is 0. The second-order valence-electron chi connectivity index (χ2n) is 7.26. The maximum absolute atomic E-state index is 13.2. The van der Waals surface area contributed by atoms with Gasteiger partial charge in [-0.3, -0.25) is 9.59 Å². The first-order valence-corrected chi connectivity index (χ1v) is 9.81. The predicted molar refractivity (Wildman–Crippen MR) is 110 cm³/mol. The predicted octanol–water partition coefficient (Wildman–Crippen LogP) is 3.23. The molecule has 2 aromatic carbocycles. The van der Waals surface area contributed by atoms with Crippen molar-refractivity contribution in [2.75, 3.05) is 17.2 Å². The molecule has 3 aromatic rings. The molecule has 11 heteroatoms. The molecule has 32 heavy (non-hydrogen) atoms. The van der Waals surface area contributed by atoms with Gasteiger partial charge in [0.1, 0.15) is 12.7 Å². The Hall–Kier alpha value is -3.89. The number of aromatic nitrogens is 3. The number of nitrogens with zero attached hydrogens (tertiary/aromatic N) is 3. The summed E-state index contributed by atoms with van der Waals surface area (Å²) in [7, 11) is 0. The van der Waals surface area contributed by atoms with Gasteiger partial charge in [0, 0.05) is 11.7 Å². The molecule has 8 nitrogen and oxygen atoms in total. The lowest BCUT2D eigenvalue weighted by molar-refractivity contribution is -0.137. The van der Waals surface area contributed by atoms with E-state index in [4.69, 9.17) is 0 Å². The topological polar surface area (TPSA) is 101 Å². The summed E-state index contributed by atoms with van der Waals surface area (Å²) in [6.45, 7) is -0.263. The number of hydrogen-bond acceptors (Lipinski definition) is 5. The Morgan fingerprint density at radius 1 is 1.09 bits per heavy atom. The van der Waals surface area contributed by atoms with Crippen molar-refractivity contribution >= 4 is 23.2 Å². The molecule has 4 rings (SSSR count). The molecule has 0 aliphatic heterocycles. The van der Waals surface area contributed by atoms with Crippen molar-refractivity contribution in [2.45, 2.75) is 25.1 Å². The number of nitrogens with one attached hydrogen (secondary N) is 3. The van der Waals surface area contributed by atoms with Crippen LogP contribution in [0.3, 0.4) is 0 Å². The highest BCUT2D eigenvalue weighted by molar-refractivity contribution is 6.01. The van der Waals surface area contributed by atoms with Crippen molar-refractivity contribution in [1.82, 2.24) is 20.1 Å². The normalized spacial score (nSPS) is 13.5. The van der Waals surface area contributed by atoms with Gasteiger partial charge in [-0.15, -0.1) is 0 Å². The van der Waals surface area contributed by atoms with Crippen LogP contribution >= 0.6 is 0 Å². The van der Waals surface area contributed by atoms with Crippen LogP contribution in [0.25, 0.3) is 5.69 Å². The van der Waals surface area contributed by atoms with E-state index >= 15 is 0 Å². The molecule has 166 valence electrons. The van der Waals surface area contributed by atoms with E-state index in [0.29, 0.717) is 11.3 Å². The van der Waals surface area contributed by atoms with Crippen LogP contribution in [0.2, 0.25) is 0 Å². The first kappa shape index (κ1) is 21.3. The maximum atomic E-state index is 13.2. The molecule has 0 bridgehead atoms. The van der Waals surface area contributed by atoms with Gasteiger partial charge in [-0.25, -0.2) is 9.67 Å². The molecule has 0 spiro atoms. The van der Waals surface area contributed by atoms with Gasteiger partial charge in [-0.2, -0.15) is 18.3 Å². The van der Waals surface area contributed by atoms with Crippen molar-refractivity contribution in [3.8, 4) is 5.69 Å². The van der Waals surface area contributed by atoms with Crippen LogP contribution < -0.4 is 16.0 Å². The van der Waals surface area contributed by atoms with Gasteiger partial charge in [0.15, 0.2) is 0 Å². The Morgan fingerprint density at radius 2 is 1.88 bits per heavy atom. The Bertz CT molecular complexity index is 1130. The second kappa shape index (κ2) is 8.69. The van der Waals surface area contributed by atoms with E-state index in [1.807, 2.05) is 0 Å². The van der Waals surface area contributed by atoms with Gasteiger partial charge >= 0.3 is 6.18 Å². The lowest BCUT2D eigenvalue weighted by atomic mass is 10.1. The maximum Gasteiger partial charge on any atom is 0.416 e. The van der Waals surface area contributed by atoms with Crippen LogP contribution in [-0.4, -0.2) is 39.2 Å². The molecule has 1 fully saturated rings. The summed E-state index contributed by atoms with van der Waals surface area (Å²) in [6, 6.07) is 9.83. The van der Waals surface area contributed by atoms with E-state index in [0.717, 1.165) is 25.0 Å². The zero-order valence-electron chi connectivity index (χ0n) is 16.7. The van der Waals surface area contributed by atoms with Crippen LogP contribution in [0.15, 0.2) is 55.1 Å². The van der Waals surface area contributed by atoms with Crippen LogP contribution in [0, 0.1) is 0 Å². The van der Waals surface area contributed by atoms with E-state index in [2.05, 4.69) is 26.0 Å². The highest BCUT2D eigenvalue weighted by Crippen LogP contribution is 2.33. The number of alkyl halides is 3. The van der Waals surface area contributed by atoms with Gasteiger partial charge in [0.05, 0.1) is 29.0 Å². The summed E-state index contributed by atoms with van der Waals surface area (Å²) in [5.41, 5.74) is 0.0765. The number of rotatable bonds is 7. The van der Waals surface area contributed by atoms with E-state index < -0.39 is 17.6 Å². The smallest absolute Gasteiger partial charge is 0.376 e. The zero-order valence-corrected chi connectivity index (χ0v) is 16.7. The SMILES string of the molecule is O=C(CNc1ccccc1C(=O)NC1CC1)Nc1cc(C(F)(F)F)ccc1-n1cncn1. The summed E-state index contributed by atoms with van der Waals surface area (Å²) < 4.78 is 40.7. The second-order valence-corrected chi connectivity index (χ2v) is 7.26. The van der Waals surface area contributed by atoms with Gasteiger partial charge < -0.3 is 16.0 Å². The first-order valence-electron chi connectivity index (χ1n) is 9.81. The third-order valence-corrected chi connectivity index (χ3v) is 4.79. The minimum atomic E-state index is -4.58. The molecule has 0 radical (unpaired) electrons. The number of carbonyl (C=O) groups excluding carboxylic acids is 2. The Morgan fingerprint density at radius 3 is 2.56 bits per heavy atom. The molecule has 1 aliphatic carbocycles. The Kier molecular flexibility index (Phi) is 5.80. The van der Waals surface area contributed by atoms with Gasteiger partial charge in [0.25, 0.3) is 5.91 Å². The molecule has 1 aromatic heterocycles. The van der Waals surface area contributed by atoms with Crippen molar-refractivity contribution < 1.29 is 22.8 Å². The number of halogens is 3. The Balaban J connectivity index is 1.49. The van der Waals surface area contributed by atoms with E-state index in [9.17, 15) is 22.8 Å². The average molecular weight is 444 g/mol. The number of para-hydroxylation sites is 1. The molecule has 0 saturated heterocycles. The number of anilines is 2. The van der Waals surface area contributed by atoms with Gasteiger partial charge in [-0.1, -0.05) is 12.1 Å². The van der Waals surface area contributed by atoms with E-state index in [-0.39, 0.29) is 29.9 Å². The molecule has 1 saturated carbocycles. The summed E-state index contributed by atoms with van der Waals surface area (Å²) in [6.07, 6.45) is -0.157. The lowest BCUT2D eigenvalue weighted by Crippen LogP contribution is -2.28. The third-order valence-electron chi connectivity index (χ3n) is 4.79. The van der Waals surface area contributed by atoms with E-state index in [1.54, 1.807) is 24.3 Å². The summed E-state index contributed by atoms with van der Waals surface area (Å²) in [4.78, 5) is 28.7. The zero-order chi connectivity index (χ0) is 22.7. The largest absolute Gasteiger partial charge is 0.416 e. The van der Waals surface area contributed by atoms with Crippen LogP contribution in [0.4, 0.5) is 24.5 Å². The van der Waals surface area contributed by atoms with Crippen molar-refractivity contribution in [3.63, 3.8) is 0 Å². The Labute approximate surface area is 180 Å². The quantitative estimate of drug-likeness (QED) is 0.520. The van der Waals surface area contributed by atoms with Crippen LogP contribution in [-0.2, 0) is 11.0 Å². The molecule has 3 N–H and O–H groups in total. The molecular formula is C21H19F3N6O2.